The largest absolute Gasteiger partial charge is 0.481 e. The van der Waals surface area contributed by atoms with E-state index in [1.807, 2.05) is 0 Å². The van der Waals surface area contributed by atoms with Gasteiger partial charge in [-0.15, -0.1) is 0 Å². The lowest BCUT2D eigenvalue weighted by atomic mass is 10.1. The molecule has 0 amide bonds. The Morgan fingerprint density at radius 1 is 1.05 bits per heavy atom. The van der Waals surface area contributed by atoms with E-state index in [1.165, 1.54) is 38.6 Å². The van der Waals surface area contributed by atoms with E-state index in [0.717, 1.165) is 19.5 Å². The number of nitrogens with zero attached hydrogens (tertiary/aromatic N) is 2. The van der Waals surface area contributed by atoms with E-state index in [9.17, 15) is 4.79 Å². The molecule has 0 spiro atoms. The van der Waals surface area contributed by atoms with Crippen LogP contribution in [0.25, 0.3) is 0 Å². The molecule has 118 valence electrons. The van der Waals surface area contributed by atoms with Crippen molar-refractivity contribution in [3.8, 4) is 0 Å². The van der Waals surface area contributed by atoms with Crippen molar-refractivity contribution in [2.24, 2.45) is 0 Å². The van der Waals surface area contributed by atoms with Gasteiger partial charge in [0.15, 0.2) is 0 Å². The number of carboxylic acid groups (broad SMARTS) is 1. The van der Waals surface area contributed by atoms with E-state index in [0.29, 0.717) is 6.42 Å². The second kappa shape index (κ2) is 12.8. The smallest absolute Gasteiger partial charge is 0.303 e. The molecule has 20 heavy (non-hydrogen) atoms. The summed E-state index contributed by atoms with van der Waals surface area (Å²) in [5, 5.41) is 8.27. The summed E-state index contributed by atoms with van der Waals surface area (Å²) >= 11 is 0. The van der Waals surface area contributed by atoms with Gasteiger partial charge in [-0.2, -0.15) is 0 Å². The van der Waals surface area contributed by atoms with Crippen LogP contribution in [-0.4, -0.2) is 41.1 Å². The average molecular weight is 284 g/mol. The van der Waals surface area contributed by atoms with Gasteiger partial charge in [0.2, 0.25) is 0 Å². The van der Waals surface area contributed by atoms with Crippen molar-refractivity contribution in [2.45, 2.75) is 65.2 Å². The summed E-state index contributed by atoms with van der Waals surface area (Å²) in [5.74, 6) is -0.670. The summed E-state index contributed by atoms with van der Waals surface area (Å²) in [6.07, 6.45) is 12.8. The molecule has 0 saturated heterocycles. The Morgan fingerprint density at radius 3 is 2.20 bits per heavy atom. The van der Waals surface area contributed by atoms with Crippen molar-refractivity contribution >= 4 is 5.97 Å². The van der Waals surface area contributed by atoms with Gasteiger partial charge in [0.1, 0.15) is 0 Å². The third kappa shape index (κ3) is 11.9. The Hall–Kier alpha value is -1.19. The van der Waals surface area contributed by atoms with Crippen molar-refractivity contribution in [1.82, 2.24) is 9.80 Å². The van der Waals surface area contributed by atoms with Crippen LogP contribution in [0.3, 0.4) is 0 Å². The molecule has 0 aromatic carbocycles. The highest BCUT2D eigenvalue weighted by atomic mass is 16.4. The van der Waals surface area contributed by atoms with Crippen molar-refractivity contribution in [3.63, 3.8) is 0 Å². The summed E-state index contributed by atoms with van der Waals surface area (Å²) < 4.78 is 0. The van der Waals surface area contributed by atoms with Gasteiger partial charge in [0.05, 0.1) is 6.67 Å². The van der Waals surface area contributed by atoms with Gasteiger partial charge in [-0.25, -0.2) is 0 Å². The first-order valence-electron chi connectivity index (χ1n) is 7.94. The number of unbranched alkanes of at least 4 members (excludes halogenated alkanes) is 5. The molecule has 1 heterocycles. The van der Waals surface area contributed by atoms with Crippen LogP contribution in [0.15, 0.2) is 12.4 Å². The highest BCUT2D eigenvalue weighted by molar-refractivity contribution is 5.66. The molecule has 0 fully saturated rings. The summed E-state index contributed by atoms with van der Waals surface area (Å²) in [6.45, 7) is 6.65. The zero-order valence-corrected chi connectivity index (χ0v) is 13.5. The lowest BCUT2D eigenvalue weighted by Crippen LogP contribution is -2.23. The Balaban J connectivity index is 0.000000361. The number of aliphatic carboxylic acids is 1. The first-order valence-corrected chi connectivity index (χ1v) is 7.94. The van der Waals surface area contributed by atoms with Gasteiger partial charge >= 0.3 is 5.97 Å². The molecule has 0 unspecified atom stereocenters. The maximum Gasteiger partial charge on any atom is 0.303 e. The molecule has 4 nitrogen and oxygen atoms in total. The first-order chi connectivity index (χ1) is 9.60. The summed E-state index contributed by atoms with van der Waals surface area (Å²) in [5.41, 5.74) is 0. The molecule has 0 bridgehead atoms. The minimum atomic E-state index is -0.670. The second-order valence-electron chi connectivity index (χ2n) is 5.42. The second-order valence-corrected chi connectivity index (χ2v) is 5.42. The molecular weight excluding hydrogens is 252 g/mol. The van der Waals surface area contributed by atoms with Crippen LogP contribution >= 0.6 is 0 Å². The minimum Gasteiger partial charge on any atom is -0.481 e. The van der Waals surface area contributed by atoms with Gasteiger partial charge < -0.3 is 14.9 Å². The lowest BCUT2D eigenvalue weighted by molar-refractivity contribution is -0.137. The van der Waals surface area contributed by atoms with Gasteiger partial charge in [-0.1, -0.05) is 46.0 Å². The van der Waals surface area contributed by atoms with Gasteiger partial charge in [0, 0.05) is 32.4 Å². The molecule has 0 aromatic rings. The Morgan fingerprint density at radius 2 is 1.70 bits per heavy atom. The summed E-state index contributed by atoms with van der Waals surface area (Å²) in [4.78, 5) is 14.6. The molecule has 4 heteroatoms. The predicted octanol–water partition coefficient (Wildman–Crippen LogP) is 3.89. The molecule has 0 radical (unpaired) electrons. The Kier molecular flexibility index (Phi) is 12.1. The maximum atomic E-state index is 10.0. The van der Waals surface area contributed by atoms with Gasteiger partial charge in [-0.3, -0.25) is 4.79 Å². The molecule has 1 rings (SSSR count). The van der Waals surface area contributed by atoms with Crippen LogP contribution in [-0.2, 0) is 4.79 Å². The lowest BCUT2D eigenvalue weighted by Gasteiger charge is -2.17. The van der Waals surface area contributed by atoms with Crippen molar-refractivity contribution in [3.05, 3.63) is 12.4 Å². The average Bonchev–Trinajstić information content (AvgIpc) is 2.82. The highest BCUT2D eigenvalue weighted by Gasteiger charge is 2.05. The molecule has 0 saturated carbocycles. The summed E-state index contributed by atoms with van der Waals surface area (Å²) in [7, 11) is 2.10. The predicted molar refractivity (Wildman–Crippen MR) is 84.4 cm³/mol. The number of hydrogen-bond acceptors (Lipinski definition) is 3. The van der Waals surface area contributed by atoms with Crippen LogP contribution in [0.1, 0.15) is 65.2 Å². The number of hydrogen-bond donors (Lipinski definition) is 1. The van der Waals surface area contributed by atoms with E-state index >= 15 is 0 Å². The zero-order valence-electron chi connectivity index (χ0n) is 13.5. The fourth-order valence-electron chi connectivity index (χ4n) is 1.98. The van der Waals surface area contributed by atoms with Crippen molar-refractivity contribution in [1.29, 1.82) is 0 Å². The molecule has 1 aliphatic rings. The van der Waals surface area contributed by atoms with Crippen LogP contribution < -0.4 is 0 Å². The zero-order chi connectivity index (χ0) is 15.2. The highest BCUT2D eigenvalue weighted by Crippen LogP contribution is 2.05. The topological polar surface area (TPSA) is 43.8 Å². The molecular formula is C16H32N2O2. The minimum absolute atomic E-state index is 0.337. The van der Waals surface area contributed by atoms with Crippen LogP contribution in [0, 0.1) is 0 Å². The molecule has 0 aromatic heterocycles. The number of carbonyl (C=O) groups is 1. The maximum absolute atomic E-state index is 10.0. The van der Waals surface area contributed by atoms with E-state index in [1.54, 1.807) is 0 Å². The number of rotatable bonds is 9. The van der Waals surface area contributed by atoms with E-state index in [-0.39, 0.29) is 0 Å². The van der Waals surface area contributed by atoms with Gasteiger partial charge in [0.25, 0.3) is 0 Å². The Labute approximate surface area is 124 Å². The quantitative estimate of drug-likeness (QED) is 0.652. The van der Waals surface area contributed by atoms with Crippen LogP contribution in [0.4, 0.5) is 0 Å². The SMILES string of the molecule is CCCCCCCC(=O)O.CCCCN1C=CN(C)C1. The molecule has 1 N–H and O–H groups in total. The summed E-state index contributed by atoms with van der Waals surface area (Å²) in [6, 6.07) is 0. The third-order valence-electron chi connectivity index (χ3n) is 3.23. The van der Waals surface area contributed by atoms with Gasteiger partial charge in [-0.05, 0) is 12.8 Å². The normalized spacial score (nSPS) is 13.3. The fourth-order valence-corrected chi connectivity index (χ4v) is 1.98. The molecule has 0 aliphatic carbocycles. The fraction of sp³-hybridized carbons (Fsp3) is 0.812. The van der Waals surface area contributed by atoms with Crippen LogP contribution in [0.2, 0.25) is 0 Å². The third-order valence-corrected chi connectivity index (χ3v) is 3.23. The monoisotopic (exact) mass is 284 g/mol. The van der Waals surface area contributed by atoms with E-state index < -0.39 is 5.97 Å². The molecule has 0 atom stereocenters. The Bertz CT molecular complexity index is 267. The van der Waals surface area contributed by atoms with Crippen molar-refractivity contribution in [2.75, 3.05) is 20.3 Å². The van der Waals surface area contributed by atoms with E-state index in [2.05, 4.69) is 43.1 Å². The van der Waals surface area contributed by atoms with Crippen molar-refractivity contribution < 1.29 is 9.90 Å². The standard InChI is InChI=1S/C8H16N2.C8H16O2/c1-3-4-5-10-7-6-9(2)8-10;1-2-3-4-5-6-7-8(9)10/h6-7H,3-5,8H2,1-2H3;2-7H2,1H3,(H,9,10). The van der Waals surface area contributed by atoms with E-state index in [4.69, 9.17) is 5.11 Å². The van der Waals surface area contributed by atoms with Crippen LogP contribution in [0.5, 0.6) is 0 Å². The first kappa shape index (κ1) is 18.8. The number of carboxylic acids is 1. The molecule has 1 aliphatic heterocycles.